The Morgan fingerprint density at radius 3 is 1.89 bits per heavy atom. The van der Waals surface area contributed by atoms with Crippen LogP contribution in [0.2, 0.25) is 0 Å². The molecule has 3 fully saturated rings. The van der Waals surface area contributed by atoms with E-state index in [1.165, 1.54) is 71.5 Å². The highest BCUT2D eigenvalue weighted by molar-refractivity contribution is 8.76. The number of unbranched alkanes of at least 4 members (excludes halogenated alkanes) is 2. The summed E-state index contributed by atoms with van der Waals surface area (Å²) in [6.45, 7) is 8.68. The molecule has 0 radical (unpaired) electrons. The van der Waals surface area contributed by atoms with E-state index in [0.717, 1.165) is 27.2 Å². The standard InChI is InChI=1S/C78H96N20O27S2/c1-37-23-52-69(111)90-47-28-57(55(121-4)26-43(47)72(114)97(52)34-37)123-19-7-5-6-18-122-56-27-44(79)42(25-54(56)120-3)71(113)98-35-38(2)24-53(98)73-96(17-20-124-73)78(119)125-21-22-126-127-36-51(75(117)118)93-68(110)50(31-61(104)105)92-67(109)49(30-60(102)103)91-65(107)45(9-8-16-83-76(80)81)88-66(108)48(29-59(100)101)87-58(99)15-14-46(74(115)116)89-64(106)39-10-12-40(13-11-39)84-32-41-33-85-63-62(86-41)70(112)95-77(82)94-63/h10-13,25-28,33,45-46,48-53,73,84H,1-2,5-9,14-24,29-32,34-36,79H2,3-4H3,(H,87,99)(H,88,108)(H,89,106)(H,90,111)(H,91,107)(H,92,109)(H,93,110)(H,100,101)(H,102,103)(H,104,105)(H,115,116)(H,117,118)(H4,80,81,83)(H3,82,85,94,95,112)/t45-,46-,48-,49-,50-,51-,52-,53-,73?/m0/s1. The van der Waals surface area contributed by atoms with E-state index in [2.05, 4.69) is 75.6 Å². The lowest BCUT2D eigenvalue weighted by Crippen LogP contribution is -2.59. The first-order valence-electron chi connectivity index (χ1n) is 39.4. The molecular formula is C78H96N20O27S2. The molecule has 4 aliphatic heterocycles. The van der Waals surface area contributed by atoms with Crippen LogP contribution in [-0.4, -0.2) is 288 Å². The van der Waals surface area contributed by atoms with Crippen LogP contribution in [0.4, 0.5) is 27.8 Å². The number of nitrogens with two attached hydrogens (primary N) is 3. The SMILES string of the molecule is C=C1C[C@H]2C(=O)Nc3cc(OCCCCCOc4cc(N)c(C(=O)N5CC(=C)C[C@H]5C5OCCN5C(=O)OCCSSC[C@H](NC(=O)[C@H](CC(=O)O)NC(=O)[C@H](CC(=O)O)NC(=O)[C@H](CCCNC(=N)N)NC(=O)[C@H](CC(=O)O)NC(=O)CC[C@H](NC(=O)c5ccc(NCc6cnc7nc(N)[nH]c(=O)c7n6)cc5)C(=O)O)C(=O)O)cc4OC)c(OC)cc3C(=O)N2C1. The van der Waals surface area contributed by atoms with Crippen molar-refractivity contribution in [3.63, 3.8) is 0 Å². The molecule has 0 saturated carbocycles. The van der Waals surface area contributed by atoms with E-state index in [1.54, 1.807) is 12.1 Å². The van der Waals surface area contributed by atoms with Crippen LogP contribution in [0.5, 0.6) is 23.0 Å². The number of H-pyrrole nitrogens is 1. The van der Waals surface area contributed by atoms with Gasteiger partial charge in [0.05, 0.1) is 101 Å². The maximum Gasteiger partial charge on any atom is 0.412 e. The molecule has 49 heteroatoms. The van der Waals surface area contributed by atoms with Gasteiger partial charge in [-0.1, -0.05) is 45.9 Å². The van der Waals surface area contributed by atoms with Crippen molar-refractivity contribution in [2.24, 2.45) is 5.73 Å². The molecular weight excluding hydrogens is 1710 g/mol. The highest BCUT2D eigenvalue weighted by atomic mass is 33.1. The monoisotopic (exact) mass is 1810 g/mol. The van der Waals surface area contributed by atoms with E-state index >= 15 is 0 Å². The number of likely N-dealkylation sites (tertiary alicyclic amines) is 1. The van der Waals surface area contributed by atoms with Gasteiger partial charge in [0.15, 0.2) is 46.3 Å². The molecule has 9 atom stereocenters. The summed E-state index contributed by atoms with van der Waals surface area (Å²) >= 11 is 0. The summed E-state index contributed by atoms with van der Waals surface area (Å²) in [4.78, 5) is 229. The molecule has 1 unspecified atom stereocenters. The molecule has 9 rings (SSSR count). The Morgan fingerprint density at radius 2 is 1.27 bits per heavy atom. The van der Waals surface area contributed by atoms with Crippen molar-refractivity contribution >= 4 is 151 Å². The summed E-state index contributed by atoms with van der Waals surface area (Å²) in [6.07, 6.45) is -3.73. The number of aromatic amines is 1. The number of benzene rings is 3. The van der Waals surface area contributed by atoms with Crippen molar-refractivity contribution in [2.75, 3.05) is 100 Å². The van der Waals surface area contributed by atoms with Gasteiger partial charge < -0.3 is 129 Å². The molecule has 127 heavy (non-hydrogen) atoms. The van der Waals surface area contributed by atoms with Crippen LogP contribution in [0.1, 0.15) is 114 Å². The second kappa shape index (κ2) is 45.4. The number of amides is 10. The van der Waals surface area contributed by atoms with Gasteiger partial charge in [0.1, 0.15) is 48.9 Å². The van der Waals surface area contributed by atoms with Crippen LogP contribution in [0.15, 0.2) is 83.8 Å². The summed E-state index contributed by atoms with van der Waals surface area (Å²) < 4.78 is 34.9. The maximum absolute atomic E-state index is 14.5. The molecule has 0 bridgehead atoms. The van der Waals surface area contributed by atoms with Gasteiger partial charge in [-0.2, -0.15) is 4.98 Å². The van der Waals surface area contributed by atoms with Crippen molar-refractivity contribution in [1.82, 2.24) is 71.9 Å². The number of hydrogen-bond acceptors (Lipinski definition) is 31. The fourth-order valence-corrected chi connectivity index (χ4v) is 15.6. The van der Waals surface area contributed by atoms with Gasteiger partial charge in [-0.3, -0.25) is 77.6 Å². The number of carbonyl (C=O) groups excluding carboxylic acids is 10. The van der Waals surface area contributed by atoms with Gasteiger partial charge in [-0.25, -0.2) is 24.4 Å². The summed E-state index contributed by atoms with van der Waals surface area (Å²) in [5.74, 6) is -17.2. The van der Waals surface area contributed by atoms with Crippen LogP contribution < -0.4 is 89.6 Å². The molecule has 10 amide bonds. The van der Waals surface area contributed by atoms with Crippen molar-refractivity contribution in [1.29, 1.82) is 5.41 Å². The fourth-order valence-electron chi connectivity index (χ4n) is 13.6. The molecule has 2 aromatic heterocycles. The van der Waals surface area contributed by atoms with Crippen molar-refractivity contribution in [2.45, 2.75) is 138 Å². The number of methoxy groups -OCH3 is 2. The maximum atomic E-state index is 14.5. The zero-order valence-corrected chi connectivity index (χ0v) is 70.2. The van der Waals surface area contributed by atoms with Gasteiger partial charge >= 0.3 is 35.9 Å². The lowest BCUT2D eigenvalue weighted by molar-refractivity contribution is -0.144. The molecule has 47 nitrogen and oxygen atoms in total. The average molecular weight is 1810 g/mol. The molecule has 0 aliphatic carbocycles. The number of carboxylic acid groups (broad SMARTS) is 5. The van der Waals surface area contributed by atoms with E-state index < -0.39 is 188 Å². The molecule has 22 N–H and O–H groups in total. The third-order valence-corrected chi connectivity index (χ3v) is 22.3. The number of guanidine groups is 1. The van der Waals surface area contributed by atoms with Gasteiger partial charge in [0.2, 0.25) is 41.4 Å². The highest BCUT2D eigenvalue weighted by Gasteiger charge is 2.46. The second-order valence-corrected chi connectivity index (χ2v) is 31.8. The minimum Gasteiger partial charge on any atom is -0.493 e. The molecule has 0 spiro atoms. The summed E-state index contributed by atoms with van der Waals surface area (Å²) in [5.41, 5.74) is 19.7. The molecule has 5 aromatic rings. The molecule has 3 aromatic carbocycles. The number of nitrogens with one attached hydrogen (secondary N) is 11. The quantitative estimate of drug-likeness (QED) is 0.00592. The normalized spacial score (nSPS) is 16.6. The van der Waals surface area contributed by atoms with E-state index in [0.29, 0.717) is 59.8 Å². The lowest BCUT2D eigenvalue weighted by Gasteiger charge is -2.33. The number of aliphatic carboxylic acids is 5. The Labute approximate surface area is 729 Å². The number of hydrogen-bond donors (Lipinski definition) is 19. The molecule has 4 aliphatic rings. The number of ether oxygens (including phenoxy) is 6. The third-order valence-electron chi connectivity index (χ3n) is 19.9. The number of carbonyl (C=O) groups is 15. The molecule has 6 heterocycles. The Kier molecular flexibility index (Phi) is 34.5. The van der Waals surface area contributed by atoms with E-state index in [-0.39, 0.29) is 141 Å². The van der Waals surface area contributed by atoms with Gasteiger partial charge in [0.25, 0.3) is 23.3 Å². The minimum absolute atomic E-state index is 0.0245. The number of nitrogen functional groups attached to an aromatic ring is 2. The first kappa shape index (κ1) is 96.6. The van der Waals surface area contributed by atoms with Crippen molar-refractivity contribution < 1.29 is 126 Å². The van der Waals surface area contributed by atoms with E-state index in [4.69, 9.17) is 51.0 Å². The highest BCUT2D eigenvalue weighted by Crippen LogP contribution is 2.40. The van der Waals surface area contributed by atoms with Crippen LogP contribution in [0.3, 0.4) is 0 Å². The van der Waals surface area contributed by atoms with Gasteiger partial charge in [-0.05, 0) is 87.8 Å². The van der Waals surface area contributed by atoms with Crippen LogP contribution in [0.25, 0.3) is 11.2 Å². The summed E-state index contributed by atoms with van der Waals surface area (Å²) in [6, 6.07) is -1.54. The number of nitrogens with zero attached hydrogens (tertiary/aromatic N) is 6. The molecule has 682 valence electrons. The second-order valence-electron chi connectivity index (χ2n) is 29.2. The first-order chi connectivity index (χ1) is 60.5. The largest absolute Gasteiger partial charge is 0.493 e. The topological polar surface area (TPSA) is 704 Å². The smallest absolute Gasteiger partial charge is 0.412 e. The predicted molar refractivity (Wildman–Crippen MR) is 451 cm³/mol. The zero-order valence-electron chi connectivity index (χ0n) is 68.5. The van der Waals surface area contributed by atoms with Gasteiger partial charge in [0, 0.05) is 66.6 Å². The van der Waals surface area contributed by atoms with Crippen LogP contribution in [0, 0.1) is 5.41 Å². The minimum atomic E-state index is -2.21. The predicted octanol–water partition coefficient (Wildman–Crippen LogP) is -0.336. The Morgan fingerprint density at radius 1 is 0.669 bits per heavy atom. The Hall–Kier alpha value is -14.3. The number of fused-ring (bicyclic) bond motifs is 3. The first-order valence-corrected chi connectivity index (χ1v) is 41.8. The van der Waals surface area contributed by atoms with E-state index in [9.17, 15) is 102 Å². The number of rotatable bonds is 47. The number of aromatic nitrogens is 4. The Balaban J connectivity index is 0.720. The van der Waals surface area contributed by atoms with E-state index in [1.807, 2.05) is 5.32 Å². The number of anilines is 4. The Bertz CT molecular complexity index is 5120. The van der Waals surface area contributed by atoms with Crippen LogP contribution in [-0.2, 0) is 68.8 Å². The lowest BCUT2D eigenvalue weighted by atomic mass is 10.1. The fraction of sp³-hybridized carbons (Fsp3) is 0.436. The van der Waals surface area contributed by atoms with Crippen molar-refractivity contribution in [3.8, 4) is 23.0 Å². The number of carboxylic acids is 5. The third kappa shape index (κ3) is 27.1. The van der Waals surface area contributed by atoms with Crippen LogP contribution >= 0.6 is 21.6 Å². The van der Waals surface area contributed by atoms with Crippen molar-refractivity contribution in [3.05, 3.63) is 112 Å². The average Bonchev–Trinajstić information content (AvgIpc) is 1.62. The summed E-state index contributed by atoms with van der Waals surface area (Å²) in [5, 5.41) is 78.3. The zero-order chi connectivity index (χ0) is 92.5. The summed E-state index contributed by atoms with van der Waals surface area (Å²) in [7, 11) is 4.71. The van der Waals surface area contributed by atoms with Gasteiger partial charge in [-0.15, -0.1) is 0 Å². The molecule has 3 saturated heterocycles.